The van der Waals surface area contributed by atoms with Crippen molar-refractivity contribution in [3.05, 3.63) is 54.1 Å². The summed E-state index contributed by atoms with van der Waals surface area (Å²) < 4.78 is 11.1. The average molecular weight is 328 g/mol. The number of amides is 1. The highest BCUT2D eigenvalue weighted by atomic mass is 32.2. The van der Waals surface area contributed by atoms with Crippen molar-refractivity contribution >= 4 is 23.9 Å². The second-order valence-electron chi connectivity index (χ2n) is 4.87. The Balaban J connectivity index is 1.56. The highest BCUT2D eigenvalue weighted by Gasteiger charge is 2.26. The lowest BCUT2D eigenvalue weighted by Gasteiger charge is -2.24. The maximum Gasteiger partial charge on any atom is 0.284 e. The quantitative estimate of drug-likeness (QED) is 0.532. The molecule has 0 aromatic heterocycles. The van der Waals surface area contributed by atoms with Gasteiger partial charge in [0.25, 0.3) is 5.91 Å². The molecule has 1 aliphatic rings. The first-order valence-corrected chi connectivity index (χ1v) is 8.34. The van der Waals surface area contributed by atoms with E-state index in [1.165, 1.54) is 4.90 Å². The summed E-state index contributed by atoms with van der Waals surface area (Å²) >= 11 is 1.67. The molecular weight excluding hydrogens is 312 g/mol. The maximum atomic E-state index is 12.1. The number of benzene rings is 2. The van der Waals surface area contributed by atoms with Crippen LogP contribution in [-0.2, 0) is 4.79 Å². The van der Waals surface area contributed by atoms with Gasteiger partial charge in [-0.15, -0.1) is 11.8 Å². The number of hydrazone groups is 1. The van der Waals surface area contributed by atoms with Gasteiger partial charge < -0.3 is 9.47 Å². The largest absolute Gasteiger partial charge is 0.485 e. The molecule has 1 amide bonds. The summed E-state index contributed by atoms with van der Waals surface area (Å²) in [6.45, 7) is 0.167. The van der Waals surface area contributed by atoms with E-state index in [4.69, 9.17) is 9.47 Å². The standard InChI is InChI=1S/C17H16N2O3S/c1-23-13-8-6-12(7-9-13)10-18-19-17(20)16-11-21-14-4-2-3-5-15(14)22-16/h2-10,16H,11H2,1H3,(H,19,20)/b18-10-/t16-/m1/s1. The van der Waals surface area contributed by atoms with Crippen molar-refractivity contribution in [3.63, 3.8) is 0 Å². The summed E-state index contributed by atoms with van der Waals surface area (Å²) in [6.07, 6.45) is 2.91. The average Bonchev–Trinajstić information content (AvgIpc) is 2.61. The molecule has 1 aliphatic heterocycles. The molecule has 5 nitrogen and oxygen atoms in total. The van der Waals surface area contributed by atoms with Crippen LogP contribution in [-0.4, -0.2) is 31.1 Å². The molecule has 1 N–H and O–H groups in total. The predicted molar refractivity (Wildman–Crippen MR) is 90.3 cm³/mol. The number of hydrogen-bond acceptors (Lipinski definition) is 5. The summed E-state index contributed by atoms with van der Waals surface area (Å²) in [4.78, 5) is 13.2. The molecule has 1 atom stereocenters. The molecule has 6 heteroatoms. The van der Waals surface area contributed by atoms with E-state index >= 15 is 0 Å². The Kier molecular flexibility index (Phi) is 4.83. The molecule has 3 rings (SSSR count). The van der Waals surface area contributed by atoms with E-state index in [9.17, 15) is 4.79 Å². The minimum absolute atomic E-state index is 0.167. The van der Waals surface area contributed by atoms with Crippen LogP contribution in [0.1, 0.15) is 5.56 Å². The lowest BCUT2D eigenvalue weighted by molar-refractivity contribution is -0.130. The lowest BCUT2D eigenvalue weighted by Crippen LogP contribution is -2.42. The number of fused-ring (bicyclic) bond motifs is 1. The summed E-state index contributed by atoms with van der Waals surface area (Å²) in [5.41, 5.74) is 3.39. The first kappa shape index (κ1) is 15.4. The Hall–Kier alpha value is -2.47. The summed E-state index contributed by atoms with van der Waals surface area (Å²) in [5, 5.41) is 3.96. The molecule has 0 saturated carbocycles. The molecule has 2 aromatic rings. The summed E-state index contributed by atoms with van der Waals surface area (Å²) in [5.74, 6) is 0.876. The monoisotopic (exact) mass is 328 g/mol. The zero-order chi connectivity index (χ0) is 16.1. The van der Waals surface area contributed by atoms with Gasteiger partial charge in [-0.2, -0.15) is 5.10 Å². The second-order valence-corrected chi connectivity index (χ2v) is 5.75. The van der Waals surface area contributed by atoms with Crippen LogP contribution < -0.4 is 14.9 Å². The third kappa shape index (κ3) is 3.84. The SMILES string of the molecule is CSc1ccc(/C=N\NC(=O)[C@H]2COc3ccccc3O2)cc1. The Morgan fingerprint density at radius 3 is 2.70 bits per heavy atom. The Bertz CT molecular complexity index is 716. The van der Waals surface area contributed by atoms with Gasteiger partial charge in [0.1, 0.15) is 6.61 Å². The fourth-order valence-corrected chi connectivity index (χ4v) is 2.49. The number of thioether (sulfide) groups is 1. The van der Waals surface area contributed by atoms with Gasteiger partial charge in [0, 0.05) is 4.90 Å². The third-order valence-corrected chi connectivity index (χ3v) is 4.05. The molecule has 0 bridgehead atoms. The topological polar surface area (TPSA) is 59.9 Å². The minimum atomic E-state index is -0.707. The zero-order valence-corrected chi connectivity index (χ0v) is 13.4. The number of nitrogens with zero attached hydrogens (tertiary/aromatic N) is 1. The van der Waals surface area contributed by atoms with Gasteiger partial charge in [-0.3, -0.25) is 4.79 Å². The fourth-order valence-electron chi connectivity index (χ4n) is 2.08. The van der Waals surface area contributed by atoms with Crippen LogP contribution in [0, 0.1) is 0 Å². The highest BCUT2D eigenvalue weighted by Crippen LogP contribution is 2.30. The highest BCUT2D eigenvalue weighted by molar-refractivity contribution is 7.98. The van der Waals surface area contributed by atoms with Crippen molar-refractivity contribution in [1.82, 2.24) is 5.43 Å². The predicted octanol–water partition coefficient (Wildman–Crippen LogP) is 2.70. The van der Waals surface area contributed by atoms with Crippen molar-refractivity contribution in [2.45, 2.75) is 11.0 Å². The van der Waals surface area contributed by atoms with E-state index in [2.05, 4.69) is 10.5 Å². The van der Waals surface area contributed by atoms with E-state index in [1.54, 1.807) is 30.1 Å². The van der Waals surface area contributed by atoms with Crippen LogP contribution in [0.4, 0.5) is 0 Å². The molecule has 0 saturated heterocycles. The van der Waals surface area contributed by atoms with Gasteiger partial charge in [0.05, 0.1) is 6.21 Å². The number of para-hydroxylation sites is 2. The van der Waals surface area contributed by atoms with E-state index in [0.29, 0.717) is 11.5 Å². The molecule has 0 unspecified atom stereocenters. The van der Waals surface area contributed by atoms with E-state index in [1.807, 2.05) is 42.7 Å². The molecule has 0 fully saturated rings. The van der Waals surface area contributed by atoms with Crippen LogP contribution in [0.15, 0.2) is 58.5 Å². The van der Waals surface area contributed by atoms with Gasteiger partial charge in [-0.05, 0) is 36.1 Å². The van der Waals surface area contributed by atoms with Crippen LogP contribution >= 0.6 is 11.8 Å². The van der Waals surface area contributed by atoms with Gasteiger partial charge in [-0.25, -0.2) is 5.43 Å². The van der Waals surface area contributed by atoms with Crippen molar-refractivity contribution in [2.75, 3.05) is 12.9 Å². The van der Waals surface area contributed by atoms with Gasteiger partial charge >= 0.3 is 0 Å². The number of ether oxygens (including phenoxy) is 2. The van der Waals surface area contributed by atoms with Crippen LogP contribution in [0.3, 0.4) is 0 Å². The zero-order valence-electron chi connectivity index (χ0n) is 12.6. The number of carbonyl (C=O) groups excluding carboxylic acids is 1. The third-order valence-electron chi connectivity index (χ3n) is 3.31. The number of hydrogen-bond donors (Lipinski definition) is 1. The van der Waals surface area contributed by atoms with Crippen LogP contribution in [0.5, 0.6) is 11.5 Å². The lowest BCUT2D eigenvalue weighted by atomic mass is 10.2. The molecule has 0 radical (unpaired) electrons. The Morgan fingerprint density at radius 1 is 1.22 bits per heavy atom. The van der Waals surface area contributed by atoms with Crippen LogP contribution in [0.25, 0.3) is 0 Å². The van der Waals surface area contributed by atoms with Gasteiger partial charge in [0.2, 0.25) is 6.10 Å². The minimum Gasteiger partial charge on any atom is -0.485 e. The van der Waals surface area contributed by atoms with Crippen molar-refractivity contribution in [1.29, 1.82) is 0 Å². The molecule has 2 aromatic carbocycles. The summed E-state index contributed by atoms with van der Waals surface area (Å²) in [6, 6.07) is 15.2. The normalized spacial score (nSPS) is 16.3. The Labute approximate surface area is 138 Å². The van der Waals surface area contributed by atoms with Gasteiger partial charge in [-0.1, -0.05) is 24.3 Å². The molecule has 118 valence electrons. The fraction of sp³-hybridized carbons (Fsp3) is 0.176. The number of rotatable bonds is 4. The molecule has 0 aliphatic carbocycles. The smallest absolute Gasteiger partial charge is 0.284 e. The number of nitrogens with one attached hydrogen (secondary N) is 1. The summed E-state index contributed by atoms with van der Waals surface area (Å²) in [7, 11) is 0. The maximum absolute atomic E-state index is 12.1. The van der Waals surface area contributed by atoms with Crippen LogP contribution in [0.2, 0.25) is 0 Å². The van der Waals surface area contributed by atoms with E-state index < -0.39 is 6.10 Å². The Morgan fingerprint density at radius 2 is 1.96 bits per heavy atom. The van der Waals surface area contributed by atoms with E-state index in [-0.39, 0.29) is 12.5 Å². The van der Waals surface area contributed by atoms with Crippen molar-refractivity contribution in [3.8, 4) is 11.5 Å². The van der Waals surface area contributed by atoms with Gasteiger partial charge in [0.15, 0.2) is 11.5 Å². The molecular formula is C17H16N2O3S. The van der Waals surface area contributed by atoms with Crippen molar-refractivity contribution in [2.24, 2.45) is 5.10 Å². The molecule has 23 heavy (non-hydrogen) atoms. The number of carbonyl (C=O) groups is 1. The molecule has 1 heterocycles. The first-order chi connectivity index (χ1) is 11.3. The second kappa shape index (κ2) is 7.19. The molecule has 0 spiro atoms. The van der Waals surface area contributed by atoms with E-state index in [0.717, 1.165) is 5.56 Å². The first-order valence-electron chi connectivity index (χ1n) is 7.12. The van der Waals surface area contributed by atoms with Crippen molar-refractivity contribution < 1.29 is 14.3 Å².